The molecule has 5 heteroatoms. The molecular weight excluding hydrogens is 170 g/mol. The van der Waals surface area contributed by atoms with Gasteiger partial charge < -0.3 is 0 Å². The number of hydrogen-bond acceptors (Lipinski definition) is 3. The van der Waals surface area contributed by atoms with Crippen LogP contribution in [-0.4, -0.2) is 17.5 Å². The van der Waals surface area contributed by atoms with Gasteiger partial charge in [0.15, 0.2) is 0 Å². The van der Waals surface area contributed by atoms with Gasteiger partial charge in [-0.2, -0.15) is 5.10 Å². The minimum absolute atomic E-state index is 0.771. The predicted molar refractivity (Wildman–Crippen MR) is 47.5 cm³/mol. The maximum Gasteiger partial charge on any atom is 0.358 e. The fraction of sp³-hybridized carbons (Fsp3) is 0. The molecule has 0 saturated heterocycles. The lowest BCUT2D eigenvalue weighted by atomic mass is 10.2. The summed E-state index contributed by atoms with van der Waals surface area (Å²) in [6.45, 7) is 0. The van der Waals surface area contributed by atoms with Crippen molar-refractivity contribution in [2.75, 3.05) is 0 Å². The summed E-state index contributed by atoms with van der Waals surface area (Å²) in [5, 5.41) is 11.7. The van der Waals surface area contributed by atoms with E-state index in [9.17, 15) is 4.79 Å². The number of nitrogens with zero attached hydrogens (tertiary/aromatic N) is 1. The smallest absolute Gasteiger partial charge is 0.287 e. The second-order valence-electron chi connectivity index (χ2n) is 2.22. The molecule has 1 aromatic rings. The van der Waals surface area contributed by atoms with Gasteiger partial charge >= 0.3 is 6.03 Å². The third-order valence-electron chi connectivity index (χ3n) is 1.28. The number of hydrazone groups is 1. The van der Waals surface area contributed by atoms with E-state index in [1.54, 1.807) is 0 Å². The molecule has 68 valence electrons. The fourth-order valence-corrected chi connectivity index (χ4v) is 0.730. The van der Waals surface area contributed by atoms with Crippen LogP contribution in [0.5, 0.6) is 0 Å². The summed E-state index contributed by atoms with van der Waals surface area (Å²) in [6.07, 6.45) is 1.47. The van der Waals surface area contributed by atoms with Crippen molar-refractivity contribution < 1.29 is 10.0 Å². The minimum Gasteiger partial charge on any atom is -0.287 e. The molecule has 0 fully saturated rings. The van der Waals surface area contributed by atoms with Crippen LogP contribution in [0.2, 0.25) is 0 Å². The number of hydroxylamine groups is 1. The van der Waals surface area contributed by atoms with Gasteiger partial charge in [0.2, 0.25) is 0 Å². The van der Waals surface area contributed by atoms with E-state index in [-0.39, 0.29) is 0 Å². The first kappa shape index (κ1) is 9.21. The van der Waals surface area contributed by atoms with Gasteiger partial charge in [0, 0.05) is 0 Å². The topological polar surface area (TPSA) is 73.7 Å². The first-order valence-corrected chi connectivity index (χ1v) is 3.61. The van der Waals surface area contributed by atoms with E-state index in [2.05, 4.69) is 10.5 Å². The van der Waals surface area contributed by atoms with Crippen molar-refractivity contribution in [3.05, 3.63) is 35.9 Å². The van der Waals surface area contributed by atoms with Gasteiger partial charge in [-0.15, -0.1) is 0 Å². The van der Waals surface area contributed by atoms with Gasteiger partial charge in [0.1, 0.15) is 0 Å². The monoisotopic (exact) mass is 179 g/mol. The Balaban J connectivity index is 2.45. The van der Waals surface area contributed by atoms with Crippen LogP contribution in [0, 0.1) is 0 Å². The molecule has 2 amide bonds. The zero-order valence-corrected chi connectivity index (χ0v) is 6.77. The number of rotatable bonds is 2. The van der Waals surface area contributed by atoms with Gasteiger partial charge in [0.05, 0.1) is 6.21 Å². The molecule has 1 aromatic carbocycles. The number of carbonyl (C=O) groups is 1. The van der Waals surface area contributed by atoms with Crippen LogP contribution in [0.3, 0.4) is 0 Å². The van der Waals surface area contributed by atoms with E-state index in [0.717, 1.165) is 5.56 Å². The molecule has 0 aliphatic rings. The molecule has 0 heterocycles. The first-order chi connectivity index (χ1) is 6.33. The van der Waals surface area contributed by atoms with Crippen molar-refractivity contribution in [3.8, 4) is 0 Å². The second-order valence-corrected chi connectivity index (χ2v) is 2.22. The summed E-state index contributed by atoms with van der Waals surface area (Å²) >= 11 is 0. The lowest BCUT2D eigenvalue weighted by molar-refractivity contribution is 0.162. The molecule has 0 aliphatic carbocycles. The van der Waals surface area contributed by atoms with E-state index in [4.69, 9.17) is 5.21 Å². The average molecular weight is 179 g/mol. The standard InChI is InChI=1S/C8H9N3O2/c12-8(11-13)10-9-6-7-4-2-1-3-5-7/h1-6,13H,(H2,10,11,12). The third-order valence-corrected chi connectivity index (χ3v) is 1.28. The SMILES string of the molecule is O=C(NO)NN=Cc1ccccc1. The fourth-order valence-electron chi connectivity index (χ4n) is 0.730. The highest BCUT2D eigenvalue weighted by Gasteiger charge is 1.90. The first-order valence-electron chi connectivity index (χ1n) is 3.61. The van der Waals surface area contributed by atoms with Crippen molar-refractivity contribution in [3.63, 3.8) is 0 Å². The zero-order chi connectivity index (χ0) is 9.52. The van der Waals surface area contributed by atoms with Gasteiger partial charge in [-0.05, 0) is 5.56 Å². The quantitative estimate of drug-likeness (QED) is 0.355. The maximum atomic E-state index is 10.4. The number of hydrogen-bond donors (Lipinski definition) is 3. The van der Waals surface area contributed by atoms with E-state index >= 15 is 0 Å². The normalized spacial score (nSPS) is 9.92. The summed E-state index contributed by atoms with van der Waals surface area (Å²) in [6, 6.07) is 8.49. The van der Waals surface area contributed by atoms with Crippen molar-refractivity contribution in [2.24, 2.45) is 5.10 Å². The molecule has 3 N–H and O–H groups in total. The molecule has 0 aromatic heterocycles. The molecular formula is C8H9N3O2. The molecule has 0 radical (unpaired) electrons. The van der Waals surface area contributed by atoms with Crippen molar-refractivity contribution >= 4 is 12.2 Å². The van der Waals surface area contributed by atoms with Gasteiger partial charge in [-0.25, -0.2) is 15.7 Å². The number of nitrogens with one attached hydrogen (secondary N) is 2. The Kier molecular flexibility index (Phi) is 3.46. The van der Waals surface area contributed by atoms with Crippen LogP contribution in [0.4, 0.5) is 4.79 Å². The van der Waals surface area contributed by atoms with E-state index in [1.165, 1.54) is 11.7 Å². The average Bonchev–Trinajstić information content (AvgIpc) is 2.19. The lowest BCUT2D eigenvalue weighted by Crippen LogP contribution is -2.29. The molecule has 0 saturated carbocycles. The summed E-state index contributed by atoms with van der Waals surface area (Å²) < 4.78 is 0. The van der Waals surface area contributed by atoms with Crippen molar-refractivity contribution in [1.29, 1.82) is 0 Å². The van der Waals surface area contributed by atoms with E-state index < -0.39 is 6.03 Å². The zero-order valence-electron chi connectivity index (χ0n) is 6.77. The van der Waals surface area contributed by atoms with Gasteiger partial charge in [0.25, 0.3) is 0 Å². The molecule has 0 atom stereocenters. The van der Waals surface area contributed by atoms with E-state index in [0.29, 0.717) is 0 Å². The number of benzene rings is 1. The number of amides is 2. The number of urea groups is 1. The Morgan fingerprint density at radius 2 is 2.08 bits per heavy atom. The third kappa shape index (κ3) is 3.35. The minimum atomic E-state index is -0.771. The van der Waals surface area contributed by atoms with Crippen LogP contribution in [-0.2, 0) is 0 Å². The lowest BCUT2D eigenvalue weighted by Gasteiger charge is -1.94. The Morgan fingerprint density at radius 1 is 1.38 bits per heavy atom. The van der Waals surface area contributed by atoms with Crippen LogP contribution in [0.15, 0.2) is 35.4 Å². The Bertz CT molecular complexity index is 298. The van der Waals surface area contributed by atoms with Crippen molar-refractivity contribution in [2.45, 2.75) is 0 Å². The highest BCUT2D eigenvalue weighted by atomic mass is 16.5. The largest absolute Gasteiger partial charge is 0.358 e. The highest BCUT2D eigenvalue weighted by molar-refractivity contribution is 5.81. The summed E-state index contributed by atoms with van der Waals surface area (Å²) in [4.78, 5) is 10.4. The van der Waals surface area contributed by atoms with Gasteiger partial charge in [-0.1, -0.05) is 30.3 Å². The summed E-state index contributed by atoms with van der Waals surface area (Å²) in [7, 11) is 0. The van der Waals surface area contributed by atoms with Crippen molar-refractivity contribution in [1.82, 2.24) is 10.9 Å². The van der Waals surface area contributed by atoms with Gasteiger partial charge in [-0.3, -0.25) is 5.21 Å². The Morgan fingerprint density at radius 3 is 2.69 bits per heavy atom. The molecule has 0 unspecified atom stereocenters. The molecule has 0 aliphatic heterocycles. The Labute approximate surface area is 75.0 Å². The maximum absolute atomic E-state index is 10.4. The number of carbonyl (C=O) groups excluding carboxylic acids is 1. The van der Waals surface area contributed by atoms with Crippen LogP contribution in [0.25, 0.3) is 0 Å². The van der Waals surface area contributed by atoms with Crippen LogP contribution in [0.1, 0.15) is 5.56 Å². The summed E-state index contributed by atoms with van der Waals surface area (Å²) in [5.74, 6) is 0. The molecule has 13 heavy (non-hydrogen) atoms. The molecule has 1 rings (SSSR count). The van der Waals surface area contributed by atoms with Crippen LogP contribution >= 0.6 is 0 Å². The molecule has 5 nitrogen and oxygen atoms in total. The van der Waals surface area contributed by atoms with Crippen LogP contribution < -0.4 is 10.9 Å². The van der Waals surface area contributed by atoms with E-state index in [1.807, 2.05) is 30.3 Å². The summed E-state index contributed by atoms with van der Waals surface area (Å²) in [5.41, 5.74) is 4.30. The highest BCUT2D eigenvalue weighted by Crippen LogP contribution is 1.92. The molecule has 0 spiro atoms. The predicted octanol–water partition coefficient (Wildman–Crippen LogP) is 0.709. The Hall–Kier alpha value is -1.88. The second kappa shape index (κ2) is 4.89. The molecule has 0 bridgehead atoms.